The van der Waals surface area contributed by atoms with Crippen molar-refractivity contribution in [3.63, 3.8) is 0 Å². The van der Waals surface area contributed by atoms with Crippen LogP contribution in [0.1, 0.15) is 13.8 Å². The maximum absolute atomic E-state index is 10.0. The summed E-state index contributed by atoms with van der Waals surface area (Å²) in [7, 11) is 0. The molecule has 4 nitrogen and oxygen atoms in total. The van der Waals surface area contributed by atoms with Gasteiger partial charge in [-0.15, -0.1) is 47.2 Å². The van der Waals surface area contributed by atoms with Crippen LogP contribution in [0.5, 0.6) is 0 Å². The van der Waals surface area contributed by atoms with Gasteiger partial charge in [-0.05, 0) is 24.6 Å². The Labute approximate surface area is 152 Å². The maximum Gasteiger partial charge on any atom is 0.155 e. The van der Waals surface area contributed by atoms with Gasteiger partial charge in [-0.25, -0.2) is 5.10 Å². The molecule has 0 fully saturated rings. The number of ketones is 1. The average Bonchev–Trinajstić information content (AvgIpc) is 2.95. The van der Waals surface area contributed by atoms with Gasteiger partial charge in [-0.3, -0.25) is 4.79 Å². The van der Waals surface area contributed by atoms with Crippen LogP contribution in [0.25, 0.3) is 21.3 Å². The molecule has 1 aromatic carbocycles. The smallest absolute Gasteiger partial charge is 0.155 e. The third kappa shape index (κ3) is 5.67. The topological polar surface area (TPSA) is 63.1 Å². The standard InChI is InChI=1S/C12H7N2S.C5H8O2.Ir/c1-2-4-9(5-3-1)12-10-6-7-15-11(10)8-13-14-12;1-4(6)3-5(2)7;/h1-4,6-8H;3,6H,1-2H3;/q-1;;/b;4-3-;. The van der Waals surface area contributed by atoms with E-state index in [1.54, 1.807) is 17.5 Å². The molecular weight excluding hydrogens is 488 g/mol. The Bertz CT molecular complexity index is 796. The Kier molecular flexibility index (Phi) is 7.75. The first-order chi connectivity index (χ1) is 10.6. The molecular formula is C17H15IrN2O2S-. The summed E-state index contributed by atoms with van der Waals surface area (Å²) in [4.78, 5) is 10.0. The minimum absolute atomic E-state index is 0. The average molecular weight is 504 g/mol. The number of carbonyl (C=O) groups is 1. The summed E-state index contributed by atoms with van der Waals surface area (Å²) in [6.45, 7) is 2.85. The van der Waals surface area contributed by atoms with Gasteiger partial charge < -0.3 is 5.11 Å². The number of thiophene rings is 1. The molecule has 0 saturated heterocycles. The van der Waals surface area contributed by atoms with E-state index in [-0.39, 0.29) is 31.6 Å². The fraction of sp³-hybridized carbons (Fsp3) is 0.118. The first kappa shape index (κ1) is 19.2. The molecule has 2 aromatic heterocycles. The van der Waals surface area contributed by atoms with Crippen molar-refractivity contribution >= 4 is 27.2 Å². The molecule has 0 spiro atoms. The first-order valence-corrected chi connectivity index (χ1v) is 7.49. The molecule has 0 saturated carbocycles. The Balaban J connectivity index is 0.000000287. The zero-order valence-electron chi connectivity index (χ0n) is 12.6. The van der Waals surface area contributed by atoms with Gasteiger partial charge >= 0.3 is 0 Å². The van der Waals surface area contributed by atoms with E-state index >= 15 is 0 Å². The summed E-state index contributed by atoms with van der Waals surface area (Å²) in [5.41, 5.74) is 1.91. The first-order valence-electron chi connectivity index (χ1n) is 6.61. The molecule has 0 amide bonds. The summed E-state index contributed by atoms with van der Waals surface area (Å²) in [6.07, 6.45) is 2.96. The van der Waals surface area contributed by atoms with E-state index in [4.69, 9.17) is 5.11 Å². The number of fused-ring (bicyclic) bond motifs is 1. The Morgan fingerprint density at radius 1 is 1.30 bits per heavy atom. The predicted molar refractivity (Wildman–Crippen MR) is 88.8 cm³/mol. The molecule has 3 rings (SSSR count). The van der Waals surface area contributed by atoms with Crippen LogP contribution in [-0.2, 0) is 24.9 Å². The largest absolute Gasteiger partial charge is 0.512 e. The normalized spacial score (nSPS) is 10.4. The second kappa shape index (κ2) is 9.30. The van der Waals surface area contributed by atoms with E-state index in [9.17, 15) is 4.79 Å². The van der Waals surface area contributed by atoms with Gasteiger partial charge in [0.1, 0.15) is 0 Å². The van der Waals surface area contributed by atoms with Crippen LogP contribution in [0.15, 0.2) is 53.7 Å². The third-order valence-electron chi connectivity index (χ3n) is 2.66. The van der Waals surface area contributed by atoms with Gasteiger partial charge in [-0.2, -0.15) is 5.10 Å². The van der Waals surface area contributed by atoms with Crippen LogP contribution < -0.4 is 0 Å². The number of aromatic nitrogens is 2. The van der Waals surface area contributed by atoms with Crippen molar-refractivity contribution in [1.29, 1.82) is 0 Å². The monoisotopic (exact) mass is 504 g/mol. The molecule has 1 radical (unpaired) electrons. The van der Waals surface area contributed by atoms with E-state index in [1.807, 2.05) is 24.3 Å². The van der Waals surface area contributed by atoms with E-state index in [0.717, 1.165) is 21.3 Å². The zero-order valence-corrected chi connectivity index (χ0v) is 15.8. The van der Waals surface area contributed by atoms with E-state index in [0.29, 0.717) is 0 Å². The number of rotatable bonds is 2. The van der Waals surface area contributed by atoms with Crippen molar-refractivity contribution in [1.82, 2.24) is 10.2 Å². The maximum atomic E-state index is 10.0. The van der Waals surface area contributed by atoms with Crippen LogP contribution >= 0.6 is 11.3 Å². The quantitative estimate of drug-likeness (QED) is 0.324. The van der Waals surface area contributed by atoms with E-state index in [1.165, 1.54) is 19.9 Å². The summed E-state index contributed by atoms with van der Waals surface area (Å²) >= 11 is 1.68. The molecule has 121 valence electrons. The molecule has 0 aliphatic heterocycles. The van der Waals surface area contributed by atoms with Gasteiger partial charge in [0.15, 0.2) is 5.78 Å². The summed E-state index contributed by atoms with van der Waals surface area (Å²) in [5, 5.41) is 19.7. The fourth-order valence-electron chi connectivity index (χ4n) is 1.84. The minimum Gasteiger partial charge on any atom is -0.512 e. The number of hydrogen-bond acceptors (Lipinski definition) is 5. The molecule has 0 bridgehead atoms. The summed E-state index contributed by atoms with van der Waals surface area (Å²) < 4.78 is 1.16. The molecule has 2 heterocycles. The second-order valence-corrected chi connectivity index (χ2v) is 5.51. The van der Waals surface area contributed by atoms with Crippen LogP contribution in [0, 0.1) is 6.07 Å². The molecule has 0 aliphatic carbocycles. The van der Waals surface area contributed by atoms with Gasteiger partial charge in [0, 0.05) is 36.6 Å². The van der Waals surface area contributed by atoms with Crippen LogP contribution in [0.4, 0.5) is 0 Å². The number of allylic oxidation sites excluding steroid dienone is 2. The van der Waals surface area contributed by atoms with Gasteiger partial charge in [0.05, 0.1) is 12.0 Å². The number of nitrogens with zero attached hydrogens (tertiary/aromatic N) is 2. The molecule has 6 heteroatoms. The van der Waals surface area contributed by atoms with E-state index in [2.05, 4.69) is 27.7 Å². The van der Waals surface area contributed by atoms with Gasteiger partial charge in [0.25, 0.3) is 0 Å². The molecule has 3 aromatic rings. The molecule has 0 atom stereocenters. The Hall–Kier alpha value is -1.88. The van der Waals surface area contributed by atoms with Crippen LogP contribution in [0.3, 0.4) is 0 Å². The zero-order chi connectivity index (χ0) is 15.9. The third-order valence-corrected chi connectivity index (χ3v) is 3.51. The number of benzene rings is 1. The van der Waals surface area contributed by atoms with Crippen molar-refractivity contribution in [2.75, 3.05) is 0 Å². The van der Waals surface area contributed by atoms with Gasteiger partial charge in [0.2, 0.25) is 0 Å². The summed E-state index contributed by atoms with van der Waals surface area (Å²) in [6, 6.07) is 13.1. The fourth-order valence-corrected chi connectivity index (χ4v) is 2.59. The minimum atomic E-state index is -0.125. The molecule has 0 unspecified atom stereocenters. The molecule has 0 aliphatic rings. The van der Waals surface area contributed by atoms with Crippen LogP contribution in [-0.4, -0.2) is 21.1 Å². The summed E-state index contributed by atoms with van der Waals surface area (Å²) in [5.74, 6) is -0.0625. The van der Waals surface area contributed by atoms with Crippen LogP contribution in [0.2, 0.25) is 0 Å². The number of aliphatic hydroxyl groups excluding tert-OH is 1. The Morgan fingerprint density at radius 2 is 2.09 bits per heavy atom. The molecule has 1 N–H and O–H groups in total. The number of hydrogen-bond donors (Lipinski definition) is 1. The van der Waals surface area contributed by atoms with Crippen molar-refractivity contribution in [3.8, 4) is 11.3 Å². The van der Waals surface area contributed by atoms with Crippen molar-refractivity contribution in [3.05, 3.63) is 59.8 Å². The van der Waals surface area contributed by atoms with Crippen molar-refractivity contribution < 1.29 is 30.0 Å². The number of aliphatic hydroxyl groups is 1. The van der Waals surface area contributed by atoms with Crippen molar-refractivity contribution in [2.24, 2.45) is 0 Å². The van der Waals surface area contributed by atoms with E-state index < -0.39 is 0 Å². The molecule has 23 heavy (non-hydrogen) atoms. The SMILES string of the molecule is CC(=O)/C=C(/C)O.[Ir].[c-]1ccccc1-c1nncc2sccc12. The second-order valence-electron chi connectivity index (χ2n) is 4.56. The Morgan fingerprint density at radius 3 is 2.65 bits per heavy atom. The number of carbonyl (C=O) groups excluding carboxylic acids is 1. The van der Waals surface area contributed by atoms with Crippen molar-refractivity contribution in [2.45, 2.75) is 13.8 Å². The predicted octanol–water partition coefficient (Wildman–Crippen LogP) is 4.19. The van der Waals surface area contributed by atoms with Gasteiger partial charge in [-0.1, -0.05) is 6.07 Å².